The largest absolute Gasteiger partial charge is 0.317 e. The standard InChI is InChI=1S/C15H23BrN2/c1-3-17-10-12-8-9-15(12)18(2)11-13-6-4-5-7-14(13)16/h4-7,12,15,17H,3,8-11H2,1-2H3. The van der Waals surface area contributed by atoms with Gasteiger partial charge in [-0.05, 0) is 50.5 Å². The summed E-state index contributed by atoms with van der Waals surface area (Å²) in [5.41, 5.74) is 1.38. The van der Waals surface area contributed by atoms with Crippen molar-refractivity contribution in [3.63, 3.8) is 0 Å². The molecule has 0 spiro atoms. The summed E-state index contributed by atoms with van der Waals surface area (Å²) in [5, 5.41) is 3.47. The summed E-state index contributed by atoms with van der Waals surface area (Å²) in [6, 6.07) is 9.27. The highest BCUT2D eigenvalue weighted by Gasteiger charge is 2.33. The summed E-state index contributed by atoms with van der Waals surface area (Å²) >= 11 is 3.63. The van der Waals surface area contributed by atoms with E-state index in [0.29, 0.717) is 0 Å². The third-order valence-electron chi connectivity index (χ3n) is 3.98. The number of nitrogens with zero attached hydrogens (tertiary/aromatic N) is 1. The van der Waals surface area contributed by atoms with Crippen molar-refractivity contribution in [1.82, 2.24) is 10.2 Å². The maximum Gasteiger partial charge on any atom is 0.0244 e. The van der Waals surface area contributed by atoms with Crippen molar-refractivity contribution < 1.29 is 0 Å². The van der Waals surface area contributed by atoms with E-state index in [1.54, 1.807) is 0 Å². The molecule has 1 N–H and O–H groups in total. The fourth-order valence-electron chi connectivity index (χ4n) is 2.71. The van der Waals surface area contributed by atoms with Crippen LogP contribution in [0.1, 0.15) is 25.3 Å². The van der Waals surface area contributed by atoms with Gasteiger partial charge >= 0.3 is 0 Å². The molecule has 2 rings (SSSR count). The topological polar surface area (TPSA) is 15.3 Å². The molecule has 1 fully saturated rings. The zero-order valence-corrected chi connectivity index (χ0v) is 12.9. The van der Waals surface area contributed by atoms with Crippen molar-refractivity contribution in [2.75, 3.05) is 20.1 Å². The van der Waals surface area contributed by atoms with E-state index in [0.717, 1.165) is 25.0 Å². The molecule has 1 saturated carbocycles. The highest BCUT2D eigenvalue weighted by molar-refractivity contribution is 9.10. The molecule has 0 saturated heterocycles. The zero-order valence-electron chi connectivity index (χ0n) is 11.3. The lowest BCUT2D eigenvalue weighted by Gasteiger charge is -2.43. The van der Waals surface area contributed by atoms with Crippen molar-refractivity contribution in [3.05, 3.63) is 34.3 Å². The number of halogens is 1. The summed E-state index contributed by atoms with van der Waals surface area (Å²) in [5.74, 6) is 0.831. The lowest BCUT2D eigenvalue weighted by molar-refractivity contribution is 0.0783. The maximum absolute atomic E-state index is 3.63. The van der Waals surface area contributed by atoms with Crippen LogP contribution in [0.25, 0.3) is 0 Å². The lowest BCUT2D eigenvalue weighted by atomic mass is 9.78. The Kier molecular flexibility index (Phi) is 5.22. The van der Waals surface area contributed by atoms with Gasteiger partial charge < -0.3 is 5.32 Å². The van der Waals surface area contributed by atoms with Gasteiger partial charge in [-0.25, -0.2) is 0 Å². The first-order valence-electron chi connectivity index (χ1n) is 6.86. The Labute approximate surface area is 119 Å². The van der Waals surface area contributed by atoms with Gasteiger partial charge in [0.25, 0.3) is 0 Å². The van der Waals surface area contributed by atoms with Crippen LogP contribution in [0.4, 0.5) is 0 Å². The van der Waals surface area contributed by atoms with Gasteiger partial charge in [-0.1, -0.05) is 41.1 Å². The Bertz CT molecular complexity index is 381. The number of nitrogens with one attached hydrogen (secondary N) is 1. The van der Waals surface area contributed by atoms with E-state index in [2.05, 4.69) is 64.4 Å². The van der Waals surface area contributed by atoms with Gasteiger partial charge in [-0.2, -0.15) is 0 Å². The molecule has 1 aromatic carbocycles. The van der Waals surface area contributed by atoms with Crippen molar-refractivity contribution >= 4 is 15.9 Å². The summed E-state index contributed by atoms with van der Waals surface area (Å²) in [6.45, 7) is 5.46. The number of hydrogen-bond donors (Lipinski definition) is 1. The highest BCUT2D eigenvalue weighted by atomic mass is 79.9. The third-order valence-corrected chi connectivity index (χ3v) is 4.75. The summed E-state index contributed by atoms with van der Waals surface area (Å²) < 4.78 is 1.22. The third kappa shape index (κ3) is 3.34. The predicted molar refractivity (Wildman–Crippen MR) is 80.7 cm³/mol. The van der Waals surface area contributed by atoms with E-state index in [1.807, 2.05) is 0 Å². The molecule has 1 aliphatic rings. The van der Waals surface area contributed by atoms with Gasteiger partial charge in [0.15, 0.2) is 0 Å². The molecule has 2 unspecified atom stereocenters. The fraction of sp³-hybridized carbons (Fsp3) is 0.600. The average molecular weight is 311 g/mol. The van der Waals surface area contributed by atoms with Crippen LogP contribution < -0.4 is 5.32 Å². The minimum absolute atomic E-state index is 0.746. The monoisotopic (exact) mass is 310 g/mol. The second-order valence-corrected chi connectivity index (χ2v) is 6.07. The molecule has 2 atom stereocenters. The molecule has 0 amide bonds. The first-order valence-corrected chi connectivity index (χ1v) is 7.66. The molecule has 0 bridgehead atoms. The van der Waals surface area contributed by atoms with Gasteiger partial charge in [0, 0.05) is 17.1 Å². The van der Waals surface area contributed by atoms with Gasteiger partial charge in [0.2, 0.25) is 0 Å². The summed E-state index contributed by atoms with van der Waals surface area (Å²) in [4.78, 5) is 2.51. The van der Waals surface area contributed by atoms with Crippen LogP contribution in [0.3, 0.4) is 0 Å². The van der Waals surface area contributed by atoms with E-state index in [-0.39, 0.29) is 0 Å². The molecule has 18 heavy (non-hydrogen) atoms. The molecule has 3 heteroatoms. The van der Waals surface area contributed by atoms with Crippen LogP contribution in [0, 0.1) is 5.92 Å². The van der Waals surface area contributed by atoms with Crippen LogP contribution in [-0.4, -0.2) is 31.1 Å². The molecular formula is C15H23BrN2. The van der Waals surface area contributed by atoms with Crippen LogP contribution in [-0.2, 0) is 6.54 Å². The molecular weight excluding hydrogens is 288 g/mol. The summed E-state index contributed by atoms with van der Waals surface area (Å²) in [6.07, 6.45) is 2.72. The minimum atomic E-state index is 0.746. The van der Waals surface area contributed by atoms with E-state index in [4.69, 9.17) is 0 Å². The van der Waals surface area contributed by atoms with Gasteiger partial charge in [-0.15, -0.1) is 0 Å². The van der Waals surface area contributed by atoms with Gasteiger partial charge in [0.05, 0.1) is 0 Å². The molecule has 0 aromatic heterocycles. The van der Waals surface area contributed by atoms with E-state index < -0.39 is 0 Å². The Morgan fingerprint density at radius 1 is 1.33 bits per heavy atom. The first kappa shape index (κ1) is 14.0. The van der Waals surface area contributed by atoms with Gasteiger partial charge in [-0.3, -0.25) is 4.90 Å². The second kappa shape index (κ2) is 6.69. The Balaban J connectivity index is 1.88. The Morgan fingerprint density at radius 3 is 2.72 bits per heavy atom. The molecule has 0 radical (unpaired) electrons. The second-order valence-electron chi connectivity index (χ2n) is 5.22. The van der Waals surface area contributed by atoms with E-state index in [1.165, 1.54) is 29.4 Å². The molecule has 1 aliphatic carbocycles. The number of rotatable bonds is 6. The van der Waals surface area contributed by atoms with Crippen LogP contribution in [0.2, 0.25) is 0 Å². The average Bonchev–Trinajstić information content (AvgIpc) is 2.31. The van der Waals surface area contributed by atoms with Crippen molar-refractivity contribution in [2.24, 2.45) is 5.92 Å². The maximum atomic E-state index is 3.63. The molecule has 0 heterocycles. The minimum Gasteiger partial charge on any atom is -0.317 e. The van der Waals surface area contributed by atoms with Gasteiger partial charge in [0.1, 0.15) is 0 Å². The fourth-order valence-corrected chi connectivity index (χ4v) is 3.12. The molecule has 100 valence electrons. The van der Waals surface area contributed by atoms with Crippen LogP contribution in [0.5, 0.6) is 0 Å². The Hall–Kier alpha value is -0.380. The quantitative estimate of drug-likeness (QED) is 0.867. The SMILES string of the molecule is CCNCC1CCC1N(C)Cc1ccccc1Br. The normalized spacial score (nSPS) is 23.1. The Morgan fingerprint density at radius 2 is 2.11 bits per heavy atom. The van der Waals surface area contributed by atoms with Crippen molar-refractivity contribution in [2.45, 2.75) is 32.4 Å². The van der Waals surface area contributed by atoms with Crippen molar-refractivity contribution in [1.29, 1.82) is 0 Å². The van der Waals surface area contributed by atoms with Crippen LogP contribution >= 0.6 is 15.9 Å². The van der Waals surface area contributed by atoms with Crippen LogP contribution in [0.15, 0.2) is 28.7 Å². The smallest absolute Gasteiger partial charge is 0.0244 e. The van der Waals surface area contributed by atoms with E-state index in [9.17, 15) is 0 Å². The van der Waals surface area contributed by atoms with Crippen molar-refractivity contribution in [3.8, 4) is 0 Å². The molecule has 2 nitrogen and oxygen atoms in total. The number of hydrogen-bond acceptors (Lipinski definition) is 2. The van der Waals surface area contributed by atoms with E-state index >= 15 is 0 Å². The predicted octanol–water partition coefficient (Wildman–Crippen LogP) is 3.27. The highest BCUT2D eigenvalue weighted by Crippen LogP contribution is 2.32. The zero-order chi connectivity index (χ0) is 13.0. The summed E-state index contributed by atoms with van der Waals surface area (Å²) in [7, 11) is 2.25. The number of benzene rings is 1. The molecule has 0 aliphatic heterocycles. The molecule has 1 aromatic rings. The lowest BCUT2D eigenvalue weighted by Crippen LogP contribution is -2.48. The first-order chi connectivity index (χ1) is 8.72.